The van der Waals surface area contributed by atoms with Gasteiger partial charge in [0.1, 0.15) is 21.2 Å². The Bertz CT molecular complexity index is 1620. The van der Waals surface area contributed by atoms with Gasteiger partial charge in [0.25, 0.3) is 5.91 Å². The second-order valence-electron chi connectivity index (χ2n) is 10.2. The minimum atomic E-state index is -0.351. The number of urea groups is 1. The first-order chi connectivity index (χ1) is 19.4. The van der Waals surface area contributed by atoms with Crippen molar-refractivity contribution >= 4 is 56.5 Å². The van der Waals surface area contributed by atoms with E-state index in [0.29, 0.717) is 38.9 Å². The SMILES string of the molecule is CC(=O)N[C@@H]1CCC[C@H](NC(=O)c2sc3nccc4c3c2NC(=O)N4c2ccc(Oc3ccccc3)cc2C)C1. The number of thiophene rings is 1. The number of ether oxygens (including phenoxy) is 1. The number of rotatable bonds is 6. The van der Waals surface area contributed by atoms with Gasteiger partial charge >= 0.3 is 6.03 Å². The molecule has 1 aliphatic heterocycles. The van der Waals surface area contributed by atoms with E-state index in [0.717, 1.165) is 36.0 Å². The van der Waals surface area contributed by atoms with Gasteiger partial charge in [0.15, 0.2) is 0 Å². The molecule has 0 radical (unpaired) electrons. The summed E-state index contributed by atoms with van der Waals surface area (Å²) in [6.07, 6.45) is 5.00. The zero-order valence-corrected chi connectivity index (χ0v) is 23.0. The number of aryl methyl sites for hydroxylation is 1. The van der Waals surface area contributed by atoms with Gasteiger partial charge in [-0.3, -0.25) is 14.5 Å². The van der Waals surface area contributed by atoms with Gasteiger partial charge < -0.3 is 20.7 Å². The lowest BCUT2D eigenvalue weighted by atomic mass is 9.91. The van der Waals surface area contributed by atoms with Crippen molar-refractivity contribution < 1.29 is 19.1 Å². The Morgan fingerprint density at radius 2 is 1.80 bits per heavy atom. The molecular formula is C30H29N5O4S. The van der Waals surface area contributed by atoms with Gasteiger partial charge in [-0.1, -0.05) is 18.2 Å². The molecule has 2 aliphatic rings. The smallest absolute Gasteiger partial charge is 0.331 e. The third-order valence-corrected chi connectivity index (χ3v) is 8.35. The summed E-state index contributed by atoms with van der Waals surface area (Å²) in [5.41, 5.74) is 2.72. The summed E-state index contributed by atoms with van der Waals surface area (Å²) in [4.78, 5) is 45.7. The molecular weight excluding hydrogens is 526 g/mol. The molecule has 9 nitrogen and oxygen atoms in total. The molecule has 10 heteroatoms. The van der Waals surface area contributed by atoms with Crippen LogP contribution in [0.1, 0.15) is 47.8 Å². The van der Waals surface area contributed by atoms with Gasteiger partial charge in [0, 0.05) is 25.2 Å². The first-order valence-electron chi connectivity index (χ1n) is 13.3. The maximum absolute atomic E-state index is 13.5. The van der Waals surface area contributed by atoms with Crippen LogP contribution in [0.5, 0.6) is 11.5 Å². The number of pyridine rings is 1. The quantitative estimate of drug-likeness (QED) is 0.260. The first-order valence-corrected chi connectivity index (χ1v) is 14.1. The molecule has 2 atom stereocenters. The highest BCUT2D eigenvalue weighted by Crippen LogP contribution is 2.46. The van der Waals surface area contributed by atoms with E-state index in [1.54, 1.807) is 17.2 Å². The Labute approximate surface area is 235 Å². The number of carbonyl (C=O) groups excluding carboxylic acids is 3. The standard InChI is InChI=1S/C30H29N5O4S/c1-17-15-22(39-21-9-4-3-5-10-21)11-12-23(17)35-24-13-14-31-29-25(24)26(34-30(35)38)27(40-29)28(37)33-20-8-6-7-19(16-20)32-18(2)36/h3-5,9-15,19-20H,6-8,16H2,1-2H3,(H,32,36)(H,33,37)(H,34,38)/t19-,20+/m1/s1. The van der Waals surface area contributed by atoms with Crippen LogP contribution < -0.4 is 25.6 Å². The second kappa shape index (κ2) is 10.6. The topological polar surface area (TPSA) is 113 Å². The molecule has 3 N–H and O–H groups in total. The molecule has 0 unspecified atom stereocenters. The molecule has 0 saturated heterocycles. The lowest BCUT2D eigenvalue weighted by molar-refractivity contribution is -0.119. The number of hydrogen-bond acceptors (Lipinski definition) is 6. The van der Waals surface area contributed by atoms with E-state index in [1.807, 2.05) is 55.5 Å². The van der Waals surface area contributed by atoms with Crippen LogP contribution in [0.15, 0.2) is 60.8 Å². The molecule has 1 fully saturated rings. The van der Waals surface area contributed by atoms with Crippen LogP contribution in [0.3, 0.4) is 0 Å². The van der Waals surface area contributed by atoms with E-state index in [9.17, 15) is 14.4 Å². The number of para-hydroxylation sites is 1. The van der Waals surface area contributed by atoms with Crippen molar-refractivity contribution in [2.75, 3.05) is 10.2 Å². The van der Waals surface area contributed by atoms with Crippen molar-refractivity contribution in [3.8, 4) is 11.5 Å². The highest BCUT2D eigenvalue weighted by molar-refractivity contribution is 7.21. The van der Waals surface area contributed by atoms with E-state index in [4.69, 9.17) is 4.74 Å². The van der Waals surface area contributed by atoms with Crippen LogP contribution in [0, 0.1) is 6.92 Å². The molecule has 40 heavy (non-hydrogen) atoms. The summed E-state index contributed by atoms with van der Waals surface area (Å²) in [7, 11) is 0. The van der Waals surface area contributed by atoms with Crippen LogP contribution >= 0.6 is 11.3 Å². The average molecular weight is 556 g/mol. The molecule has 4 aromatic rings. The van der Waals surface area contributed by atoms with E-state index >= 15 is 0 Å². The number of nitrogens with zero attached hydrogens (tertiary/aromatic N) is 2. The fraction of sp³-hybridized carbons (Fsp3) is 0.267. The number of carbonyl (C=O) groups is 3. The normalized spacial score (nSPS) is 18.2. The number of hydrogen-bond donors (Lipinski definition) is 3. The van der Waals surface area contributed by atoms with Crippen LogP contribution in [-0.4, -0.2) is 34.9 Å². The Morgan fingerprint density at radius 1 is 1.02 bits per heavy atom. The zero-order chi connectivity index (χ0) is 27.8. The Kier molecular flexibility index (Phi) is 6.85. The summed E-state index contributed by atoms with van der Waals surface area (Å²) in [5.74, 6) is 1.09. The summed E-state index contributed by atoms with van der Waals surface area (Å²) >= 11 is 1.26. The molecule has 0 spiro atoms. The molecule has 0 bridgehead atoms. The van der Waals surface area contributed by atoms with Crippen LogP contribution in [0.4, 0.5) is 21.9 Å². The lowest BCUT2D eigenvalue weighted by Gasteiger charge is -2.31. The summed E-state index contributed by atoms with van der Waals surface area (Å²) in [6.45, 7) is 3.44. The van der Waals surface area contributed by atoms with E-state index < -0.39 is 0 Å². The third-order valence-electron chi connectivity index (χ3n) is 7.26. The predicted molar refractivity (Wildman–Crippen MR) is 156 cm³/mol. The maximum atomic E-state index is 13.5. The Balaban J connectivity index is 1.28. The van der Waals surface area contributed by atoms with Crippen molar-refractivity contribution in [2.24, 2.45) is 0 Å². The summed E-state index contributed by atoms with van der Waals surface area (Å²) < 4.78 is 5.97. The molecule has 4 amide bonds. The van der Waals surface area contributed by atoms with Gasteiger partial charge in [-0.25, -0.2) is 9.78 Å². The van der Waals surface area contributed by atoms with Gasteiger partial charge in [-0.2, -0.15) is 0 Å². The average Bonchev–Trinajstić information content (AvgIpc) is 3.29. The van der Waals surface area contributed by atoms with E-state index in [-0.39, 0.29) is 29.9 Å². The predicted octanol–water partition coefficient (Wildman–Crippen LogP) is 6.26. The molecule has 3 heterocycles. The molecule has 2 aromatic heterocycles. The first kappa shape index (κ1) is 25.8. The molecule has 6 rings (SSSR count). The van der Waals surface area contributed by atoms with Crippen molar-refractivity contribution in [3.63, 3.8) is 0 Å². The van der Waals surface area contributed by atoms with Crippen molar-refractivity contribution in [1.29, 1.82) is 0 Å². The number of amides is 4. The van der Waals surface area contributed by atoms with Gasteiger partial charge in [0.05, 0.1) is 22.4 Å². The van der Waals surface area contributed by atoms with Crippen LogP contribution in [0.2, 0.25) is 0 Å². The van der Waals surface area contributed by atoms with Gasteiger partial charge in [-0.15, -0.1) is 11.3 Å². The summed E-state index contributed by atoms with van der Waals surface area (Å²) in [6, 6.07) is 16.6. The fourth-order valence-electron chi connectivity index (χ4n) is 5.54. The number of benzene rings is 2. The van der Waals surface area contributed by atoms with Crippen molar-refractivity contribution in [3.05, 3.63) is 71.2 Å². The molecule has 1 saturated carbocycles. The third kappa shape index (κ3) is 4.98. The van der Waals surface area contributed by atoms with Crippen molar-refractivity contribution in [1.82, 2.24) is 15.6 Å². The van der Waals surface area contributed by atoms with E-state index in [2.05, 4.69) is 20.9 Å². The molecule has 204 valence electrons. The highest BCUT2D eigenvalue weighted by atomic mass is 32.1. The number of anilines is 3. The van der Waals surface area contributed by atoms with Gasteiger partial charge in [-0.05, 0) is 74.6 Å². The van der Waals surface area contributed by atoms with Crippen LogP contribution in [0.25, 0.3) is 10.2 Å². The zero-order valence-electron chi connectivity index (χ0n) is 22.2. The largest absolute Gasteiger partial charge is 0.457 e. The van der Waals surface area contributed by atoms with Gasteiger partial charge in [0.2, 0.25) is 5.91 Å². The molecule has 2 aromatic carbocycles. The second-order valence-corrected chi connectivity index (χ2v) is 11.2. The Hall–Kier alpha value is -4.44. The monoisotopic (exact) mass is 555 g/mol. The minimum absolute atomic E-state index is 0.0477. The number of aromatic nitrogens is 1. The van der Waals surface area contributed by atoms with Crippen molar-refractivity contribution in [2.45, 2.75) is 51.6 Å². The van der Waals surface area contributed by atoms with Crippen LogP contribution in [-0.2, 0) is 4.79 Å². The summed E-state index contributed by atoms with van der Waals surface area (Å²) in [5, 5.41) is 9.79. The Morgan fingerprint density at radius 3 is 2.55 bits per heavy atom. The van der Waals surface area contributed by atoms with E-state index in [1.165, 1.54) is 18.3 Å². The molecule has 1 aliphatic carbocycles. The maximum Gasteiger partial charge on any atom is 0.331 e. The highest BCUT2D eigenvalue weighted by Gasteiger charge is 2.34. The number of nitrogens with one attached hydrogen (secondary N) is 3. The minimum Gasteiger partial charge on any atom is -0.457 e. The fourth-order valence-corrected chi connectivity index (χ4v) is 6.56. The lowest BCUT2D eigenvalue weighted by Crippen LogP contribution is -2.45.